The molecule has 2 heterocycles. The van der Waals surface area contributed by atoms with Gasteiger partial charge in [0.05, 0.1) is 27.1 Å². The predicted molar refractivity (Wildman–Crippen MR) is 112 cm³/mol. The van der Waals surface area contributed by atoms with E-state index in [2.05, 4.69) is 4.98 Å². The number of phenols is 1. The third kappa shape index (κ3) is 2.89. The van der Waals surface area contributed by atoms with Crippen molar-refractivity contribution in [2.75, 3.05) is 0 Å². The Balaban J connectivity index is 1.99. The van der Waals surface area contributed by atoms with Crippen molar-refractivity contribution in [2.24, 2.45) is 14.1 Å². The molecule has 2 aromatic heterocycles. The van der Waals surface area contributed by atoms with E-state index < -0.39 is 22.8 Å². The van der Waals surface area contributed by atoms with Crippen LogP contribution in [0.4, 0.5) is 0 Å². The van der Waals surface area contributed by atoms with Crippen molar-refractivity contribution < 1.29 is 14.7 Å². The topological polar surface area (TPSA) is 111 Å². The van der Waals surface area contributed by atoms with E-state index >= 15 is 0 Å². The van der Waals surface area contributed by atoms with Gasteiger partial charge in [-0.15, -0.1) is 0 Å². The molecule has 0 bridgehead atoms. The average molecular weight is 423 g/mol. The Morgan fingerprint density at radius 3 is 2.30 bits per heavy atom. The molecule has 3 aromatic rings. The highest BCUT2D eigenvalue weighted by Crippen LogP contribution is 2.36. The number of carbonyl (C=O) groups excluding carboxylic acids is 2. The molecule has 30 heavy (non-hydrogen) atoms. The first kappa shape index (κ1) is 19.8. The number of hydrogen-bond donors (Lipinski definition) is 1. The van der Waals surface area contributed by atoms with Crippen molar-refractivity contribution >= 4 is 34.4 Å². The summed E-state index contributed by atoms with van der Waals surface area (Å²) in [5.41, 5.74) is -0.680. The predicted octanol–water partition coefficient (Wildman–Crippen LogP) is 1.96. The summed E-state index contributed by atoms with van der Waals surface area (Å²) in [5.74, 6) is -0.788. The quantitative estimate of drug-likeness (QED) is 0.685. The fraction of sp³-hybridized carbons (Fsp3) is 0.190. The minimum atomic E-state index is -0.663. The molecule has 8 nitrogen and oxygen atoms in total. The van der Waals surface area contributed by atoms with E-state index in [1.54, 1.807) is 19.1 Å². The van der Waals surface area contributed by atoms with Crippen LogP contribution in [-0.4, -0.2) is 30.8 Å². The Hall–Kier alpha value is -3.46. The summed E-state index contributed by atoms with van der Waals surface area (Å²) >= 11 is 1.10. The number of fused-ring (bicyclic) bond motifs is 3. The van der Waals surface area contributed by atoms with Crippen LogP contribution in [0.15, 0.2) is 49.7 Å². The van der Waals surface area contributed by atoms with E-state index in [0.29, 0.717) is 17.0 Å². The van der Waals surface area contributed by atoms with Crippen LogP contribution in [0.1, 0.15) is 33.3 Å². The van der Waals surface area contributed by atoms with Crippen molar-refractivity contribution in [3.63, 3.8) is 0 Å². The van der Waals surface area contributed by atoms with E-state index in [0.717, 1.165) is 16.3 Å². The van der Waals surface area contributed by atoms with Crippen LogP contribution in [0.3, 0.4) is 0 Å². The van der Waals surface area contributed by atoms with Crippen LogP contribution in [0.2, 0.25) is 0 Å². The normalized spacial score (nSPS) is 13.5. The van der Waals surface area contributed by atoms with Crippen LogP contribution in [0.25, 0.3) is 11.0 Å². The molecule has 1 aliphatic rings. The summed E-state index contributed by atoms with van der Waals surface area (Å²) in [6, 6.07) is 6.25. The van der Waals surface area contributed by atoms with Gasteiger partial charge in [-0.05, 0) is 30.7 Å². The number of Topliss-reactive ketones (excluding diaryl/α,β-unsaturated/α-hetero) is 1. The maximum atomic E-state index is 13.3. The Kier molecular flexibility index (Phi) is 4.70. The first-order valence-corrected chi connectivity index (χ1v) is 9.96. The number of allylic oxidation sites excluding steroid dienone is 2. The zero-order chi connectivity index (χ0) is 21.7. The summed E-state index contributed by atoms with van der Waals surface area (Å²) in [4.78, 5) is 56.8. The van der Waals surface area contributed by atoms with E-state index in [1.807, 2.05) is 0 Å². The third-order valence-electron chi connectivity index (χ3n) is 5.02. The number of pyridine rings is 1. The van der Waals surface area contributed by atoms with Gasteiger partial charge in [-0.1, -0.05) is 18.7 Å². The van der Waals surface area contributed by atoms with E-state index in [4.69, 9.17) is 0 Å². The molecule has 0 saturated carbocycles. The molecule has 9 heteroatoms. The molecule has 0 atom stereocenters. The largest absolute Gasteiger partial charge is 0.508 e. The number of ketones is 2. The Bertz CT molecular complexity index is 1400. The lowest BCUT2D eigenvalue weighted by Gasteiger charge is -2.20. The van der Waals surface area contributed by atoms with E-state index in [1.165, 1.54) is 36.9 Å². The van der Waals surface area contributed by atoms with E-state index in [-0.39, 0.29) is 32.8 Å². The molecule has 1 aliphatic carbocycles. The molecular formula is C21H17N3O5S. The van der Waals surface area contributed by atoms with E-state index in [9.17, 15) is 24.3 Å². The second-order valence-corrected chi connectivity index (χ2v) is 7.98. The van der Waals surface area contributed by atoms with Gasteiger partial charge in [-0.25, -0.2) is 9.78 Å². The number of carbonyl (C=O) groups is 2. The molecule has 4 rings (SSSR count). The number of aromatic nitrogens is 3. The number of rotatable bonds is 3. The number of phenolic OH excluding ortho intramolecular Hbond substituents is 1. The van der Waals surface area contributed by atoms with Crippen molar-refractivity contribution in [3.8, 4) is 5.75 Å². The van der Waals surface area contributed by atoms with Gasteiger partial charge in [0, 0.05) is 25.1 Å². The van der Waals surface area contributed by atoms with Gasteiger partial charge < -0.3 is 5.11 Å². The van der Waals surface area contributed by atoms with Gasteiger partial charge in [0.2, 0.25) is 5.78 Å². The van der Waals surface area contributed by atoms with Crippen LogP contribution in [0.5, 0.6) is 5.75 Å². The minimum Gasteiger partial charge on any atom is -0.508 e. The molecule has 0 spiro atoms. The first-order valence-electron chi connectivity index (χ1n) is 9.14. The lowest BCUT2D eigenvalue weighted by molar-refractivity contribution is 0.0991. The van der Waals surface area contributed by atoms with Crippen LogP contribution in [-0.2, 0) is 20.5 Å². The highest BCUT2D eigenvalue weighted by molar-refractivity contribution is 8.04. The highest BCUT2D eigenvalue weighted by Gasteiger charge is 2.33. The van der Waals surface area contributed by atoms with Crippen LogP contribution < -0.4 is 11.2 Å². The summed E-state index contributed by atoms with van der Waals surface area (Å²) in [5, 5.41) is 9.40. The van der Waals surface area contributed by atoms with Gasteiger partial charge in [-0.2, -0.15) is 0 Å². The second kappa shape index (κ2) is 7.10. The summed E-state index contributed by atoms with van der Waals surface area (Å²) in [6.45, 7) is 1.79. The number of hydrogen-bond acceptors (Lipinski definition) is 7. The van der Waals surface area contributed by atoms with Crippen molar-refractivity contribution in [1.82, 2.24) is 14.1 Å². The number of aromatic hydroxyl groups is 1. The minimum absolute atomic E-state index is 0.00638. The standard InChI is InChI=1S/C21H17N3O5S/c1-4-12-15-16(17-19(22-12)23(2)21(29)24(3)20(17)28)13(26)9-14(18(15)27)30-11-7-5-10(25)6-8-11/h5-9,25H,4H2,1-3H3. The van der Waals surface area contributed by atoms with Crippen LogP contribution in [0, 0.1) is 0 Å². The van der Waals surface area contributed by atoms with Crippen molar-refractivity contribution in [1.29, 1.82) is 0 Å². The van der Waals surface area contributed by atoms with Crippen molar-refractivity contribution in [2.45, 2.75) is 18.2 Å². The maximum absolute atomic E-state index is 13.3. The average Bonchev–Trinajstić information content (AvgIpc) is 2.74. The number of thioether (sulfide) groups is 1. The second-order valence-electron chi connectivity index (χ2n) is 6.86. The lowest BCUT2D eigenvalue weighted by Crippen LogP contribution is -2.39. The van der Waals surface area contributed by atoms with Gasteiger partial charge in [-0.3, -0.25) is 23.5 Å². The Labute approximate surface area is 174 Å². The third-order valence-corrected chi connectivity index (χ3v) is 6.05. The lowest BCUT2D eigenvalue weighted by atomic mass is 9.90. The maximum Gasteiger partial charge on any atom is 0.332 e. The molecule has 1 N–H and O–H groups in total. The fourth-order valence-corrected chi connectivity index (χ4v) is 4.37. The number of nitrogens with zero attached hydrogens (tertiary/aromatic N) is 3. The molecule has 152 valence electrons. The SMILES string of the molecule is CCc1nc2c(c3c1C(=O)C(Sc1ccc(O)cc1)=CC3=O)c(=O)n(C)c(=O)n2C. The summed E-state index contributed by atoms with van der Waals surface area (Å²) < 4.78 is 2.11. The Morgan fingerprint density at radius 1 is 1.00 bits per heavy atom. The first-order chi connectivity index (χ1) is 14.2. The van der Waals surface area contributed by atoms with Gasteiger partial charge in [0.15, 0.2) is 5.78 Å². The number of aryl methyl sites for hydroxylation is 2. The molecule has 0 fully saturated rings. The molecule has 0 unspecified atom stereocenters. The summed E-state index contributed by atoms with van der Waals surface area (Å²) in [7, 11) is 2.79. The molecule has 0 saturated heterocycles. The van der Waals surface area contributed by atoms with Crippen LogP contribution >= 0.6 is 11.8 Å². The zero-order valence-electron chi connectivity index (χ0n) is 16.4. The smallest absolute Gasteiger partial charge is 0.332 e. The molecule has 0 amide bonds. The van der Waals surface area contributed by atoms with Gasteiger partial charge in [0.1, 0.15) is 11.4 Å². The summed E-state index contributed by atoms with van der Waals surface area (Å²) in [6.07, 6.45) is 1.56. The molecule has 0 aliphatic heterocycles. The molecular weight excluding hydrogens is 406 g/mol. The van der Waals surface area contributed by atoms with Gasteiger partial charge in [0.25, 0.3) is 5.56 Å². The monoisotopic (exact) mass is 423 g/mol. The number of benzene rings is 1. The Morgan fingerprint density at radius 2 is 1.67 bits per heavy atom. The fourth-order valence-electron chi connectivity index (χ4n) is 3.48. The molecule has 0 radical (unpaired) electrons. The molecule has 1 aromatic carbocycles. The zero-order valence-corrected chi connectivity index (χ0v) is 17.2. The highest BCUT2D eigenvalue weighted by atomic mass is 32.2. The van der Waals surface area contributed by atoms with Gasteiger partial charge >= 0.3 is 5.69 Å². The van der Waals surface area contributed by atoms with Crippen molar-refractivity contribution in [3.05, 3.63) is 72.9 Å².